The van der Waals surface area contributed by atoms with Gasteiger partial charge in [-0.15, -0.1) is 0 Å². The molecule has 5 nitrogen and oxygen atoms in total. The predicted octanol–water partition coefficient (Wildman–Crippen LogP) is 1.82. The molecule has 0 saturated heterocycles. The largest absolute Gasteiger partial charge is 0.481 e. The SMILES string of the molecule is CC(C)C[C@H](NC(=O)COc1ccccc1F)C(=O)O. The number of benzene rings is 1. The molecule has 1 aromatic rings. The van der Waals surface area contributed by atoms with Crippen LogP contribution >= 0.6 is 0 Å². The minimum absolute atomic E-state index is 0.0432. The number of halogens is 1. The van der Waals surface area contributed by atoms with Gasteiger partial charge in [0.25, 0.3) is 5.91 Å². The van der Waals surface area contributed by atoms with Gasteiger partial charge in [0.15, 0.2) is 18.2 Å². The lowest BCUT2D eigenvalue weighted by atomic mass is 10.0. The topological polar surface area (TPSA) is 75.6 Å². The molecule has 0 bridgehead atoms. The predicted molar refractivity (Wildman–Crippen MR) is 70.9 cm³/mol. The van der Waals surface area contributed by atoms with Crippen LogP contribution in [0.5, 0.6) is 5.75 Å². The van der Waals surface area contributed by atoms with Crippen LogP contribution in [0.15, 0.2) is 24.3 Å². The normalized spacial score (nSPS) is 12.0. The van der Waals surface area contributed by atoms with E-state index in [-0.39, 0.29) is 11.7 Å². The fourth-order valence-corrected chi connectivity index (χ4v) is 1.63. The third-order valence-corrected chi connectivity index (χ3v) is 2.54. The van der Waals surface area contributed by atoms with Crippen molar-refractivity contribution in [3.8, 4) is 5.75 Å². The van der Waals surface area contributed by atoms with Gasteiger partial charge in [0.05, 0.1) is 0 Å². The van der Waals surface area contributed by atoms with Gasteiger partial charge in [0, 0.05) is 0 Å². The molecule has 0 aliphatic carbocycles. The van der Waals surface area contributed by atoms with Gasteiger partial charge in [-0.05, 0) is 24.5 Å². The Kier molecular flexibility index (Phi) is 5.96. The number of hydrogen-bond acceptors (Lipinski definition) is 3. The van der Waals surface area contributed by atoms with E-state index in [1.54, 1.807) is 6.07 Å². The van der Waals surface area contributed by atoms with Crippen molar-refractivity contribution in [3.05, 3.63) is 30.1 Å². The molecule has 1 atom stereocenters. The fraction of sp³-hybridized carbons (Fsp3) is 0.429. The molecule has 20 heavy (non-hydrogen) atoms. The van der Waals surface area contributed by atoms with Gasteiger partial charge in [-0.2, -0.15) is 0 Å². The Hall–Kier alpha value is -2.11. The summed E-state index contributed by atoms with van der Waals surface area (Å²) in [6, 6.07) is 4.73. The van der Waals surface area contributed by atoms with Crippen molar-refractivity contribution < 1.29 is 23.8 Å². The molecule has 0 aromatic heterocycles. The summed E-state index contributed by atoms with van der Waals surface area (Å²) in [4.78, 5) is 22.6. The smallest absolute Gasteiger partial charge is 0.326 e. The molecule has 0 unspecified atom stereocenters. The van der Waals surface area contributed by atoms with Crippen LogP contribution in [0.2, 0.25) is 0 Å². The van der Waals surface area contributed by atoms with E-state index in [9.17, 15) is 14.0 Å². The van der Waals surface area contributed by atoms with Gasteiger partial charge >= 0.3 is 5.97 Å². The maximum Gasteiger partial charge on any atom is 0.326 e. The van der Waals surface area contributed by atoms with Crippen molar-refractivity contribution in [3.63, 3.8) is 0 Å². The van der Waals surface area contributed by atoms with Gasteiger partial charge < -0.3 is 15.2 Å². The highest BCUT2D eigenvalue weighted by molar-refractivity contribution is 5.84. The van der Waals surface area contributed by atoms with Crippen molar-refractivity contribution in [2.24, 2.45) is 5.92 Å². The first kappa shape index (κ1) is 15.9. The van der Waals surface area contributed by atoms with E-state index >= 15 is 0 Å². The van der Waals surface area contributed by atoms with E-state index in [1.165, 1.54) is 18.2 Å². The average molecular weight is 283 g/mol. The fourth-order valence-electron chi connectivity index (χ4n) is 1.63. The van der Waals surface area contributed by atoms with E-state index in [2.05, 4.69) is 5.32 Å². The third-order valence-electron chi connectivity index (χ3n) is 2.54. The van der Waals surface area contributed by atoms with E-state index in [4.69, 9.17) is 9.84 Å². The van der Waals surface area contributed by atoms with Crippen molar-refractivity contribution in [1.29, 1.82) is 0 Å². The monoisotopic (exact) mass is 283 g/mol. The van der Waals surface area contributed by atoms with Gasteiger partial charge in [-0.25, -0.2) is 9.18 Å². The molecule has 0 radical (unpaired) electrons. The molecule has 0 aliphatic heterocycles. The Morgan fingerprint density at radius 1 is 1.35 bits per heavy atom. The molecule has 1 rings (SSSR count). The zero-order valence-corrected chi connectivity index (χ0v) is 11.4. The van der Waals surface area contributed by atoms with E-state index in [1.807, 2.05) is 13.8 Å². The maximum atomic E-state index is 13.3. The van der Waals surface area contributed by atoms with Crippen LogP contribution in [-0.2, 0) is 9.59 Å². The molecule has 110 valence electrons. The second-order valence-corrected chi connectivity index (χ2v) is 4.81. The molecule has 0 saturated carbocycles. The van der Waals surface area contributed by atoms with Crippen LogP contribution < -0.4 is 10.1 Å². The number of carbonyl (C=O) groups excluding carboxylic acids is 1. The lowest BCUT2D eigenvalue weighted by Crippen LogP contribution is -2.43. The highest BCUT2D eigenvalue weighted by Gasteiger charge is 2.21. The number of carbonyl (C=O) groups is 2. The summed E-state index contributed by atoms with van der Waals surface area (Å²) in [5.74, 6) is -2.18. The number of para-hydroxylation sites is 1. The standard InChI is InChI=1S/C14H18FNO4/c1-9(2)7-11(14(18)19)16-13(17)8-20-12-6-4-3-5-10(12)15/h3-6,9,11H,7-8H2,1-2H3,(H,16,17)(H,18,19)/t11-/m0/s1. The van der Waals surface area contributed by atoms with Crippen molar-refractivity contribution in [2.45, 2.75) is 26.3 Å². The van der Waals surface area contributed by atoms with Crippen LogP contribution in [0.25, 0.3) is 0 Å². The number of hydrogen-bond donors (Lipinski definition) is 2. The lowest BCUT2D eigenvalue weighted by molar-refractivity contribution is -0.142. The number of carboxylic acids is 1. The summed E-state index contributed by atoms with van der Waals surface area (Å²) in [5.41, 5.74) is 0. The number of aliphatic carboxylic acids is 1. The van der Waals surface area contributed by atoms with E-state index in [0.29, 0.717) is 6.42 Å². The molecule has 1 amide bonds. The molecule has 1 aromatic carbocycles. The zero-order chi connectivity index (χ0) is 15.1. The molecular formula is C14H18FNO4. The van der Waals surface area contributed by atoms with Crippen molar-refractivity contribution in [1.82, 2.24) is 5.32 Å². The molecule has 6 heteroatoms. The van der Waals surface area contributed by atoms with E-state index < -0.39 is 30.3 Å². The van der Waals surface area contributed by atoms with Crippen LogP contribution in [-0.4, -0.2) is 29.6 Å². The van der Waals surface area contributed by atoms with Crippen molar-refractivity contribution >= 4 is 11.9 Å². The Bertz CT molecular complexity index is 476. The van der Waals surface area contributed by atoms with Gasteiger partial charge in [-0.3, -0.25) is 4.79 Å². The number of amides is 1. The number of ether oxygens (including phenoxy) is 1. The van der Waals surface area contributed by atoms with Crippen molar-refractivity contribution in [2.75, 3.05) is 6.61 Å². The Morgan fingerprint density at radius 3 is 2.55 bits per heavy atom. The Morgan fingerprint density at radius 2 is 2.00 bits per heavy atom. The summed E-state index contributed by atoms with van der Waals surface area (Å²) in [7, 11) is 0. The first-order valence-corrected chi connectivity index (χ1v) is 6.29. The Labute approximate surface area is 116 Å². The summed E-state index contributed by atoms with van der Waals surface area (Å²) < 4.78 is 18.3. The van der Waals surface area contributed by atoms with Crippen LogP contribution in [0, 0.1) is 11.7 Å². The molecule has 0 spiro atoms. The second-order valence-electron chi connectivity index (χ2n) is 4.81. The summed E-state index contributed by atoms with van der Waals surface area (Å²) in [5, 5.41) is 11.3. The summed E-state index contributed by atoms with van der Waals surface area (Å²) in [6.45, 7) is 3.29. The molecule has 0 fully saturated rings. The summed E-state index contributed by atoms with van der Waals surface area (Å²) in [6.07, 6.45) is 0.320. The number of carboxylic acid groups (broad SMARTS) is 1. The zero-order valence-electron chi connectivity index (χ0n) is 11.4. The Balaban J connectivity index is 2.50. The molecule has 0 heterocycles. The highest BCUT2D eigenvalue weighted by atomic mass is 19.1. The lowest BCUT2D eigenvalue weighted by Gasteiger charge is -2.16. The maximum absolute atomic E-state index is 13.3. The summed E-state index contributed by atoms with van der Waals surface area (Å²) >= 11 is 0. The van der Waals surface area contributed by atoms with E-state index in [0.717, 1.165) is 0 Å². The average Bonchev–Trinajstić information content (AvgIpc) is 2.36. The minimum Gasteiger partial charge on any atom is -0.481 e. The second kappa shape index (κ2) is 7.47. The number of rotatable bonds is 7. The first-order valence-electron chi connectivity index (χ1n) is 6.29. The quantitative estimate of drug-likeness (QED) is 0.800. The minimum atomic E-state index is -1.10. The first-order chi connectivity index (χ1) is 9.40. The van der Waals surface area contributed by atoms with Crippen LogP contribution in [0.4, 0.5) is 4.39 Å². The molecule has 2 N–H and O–H groups in total. The van der Waals surface area contributed by atoms with Crippen LogP contribution in [0.3, 0.4) is 0 Å². The van der Waals surface area contributed by atoms with Gasteiger partial charge in [-0.1, -0.05) is 26.0 Å². The van der Waals surface area contributed by atoms with Gasteiger partial charge in [0.2, 0.25) is 0 Å². The third kappa shape index (κ3) is 5.26. The van der Waals surface area contributed by atoms with Gasteiger partial charge in [0.1, 0.15) is 6.04 Å². The highest BCUT2D eigenvalue weighted by Crippen LogP contribution is 2.15. The number of nitrogens with one attached hydrogen (secondary N) is 1. The molecule has 0 aliphatic rings. The molecular weight excluding hydrogens is 265 g/mol. The van der Waals surface area contributed by atoms with Crippen LogP contribution in [0.1, 0.15) is 20.3 Å².